The Kier molecular flexibility index (Phi) is 21.3. The highest BCUT2D eigenvalue weighted by molar-refractivity contribution is 7.98. The third-order valence-electron chi connectivity index (χ3n) is 9.08. The first kappa shape index (κ1) is 49.0. The maximum Gasteiger partial charge on any atom is 0.326 e. The summed E-state index contributed by atoms with van der Waals surface area (Å²) in [6.07, 6.45) is 0.832. The lowest BCUT2D eigenvalue weighted by molar-refractivity contribution is -0.144. The fourth-order valence-corrected chi connectivity index (χ4v) is 6.46. The van der Waals surface area contributed by atoms with E-state index in [4.69, 9.17) is 5.73 Å². The lowest BCUT2D eigenvalue weighted by Gasteiger charge is -2.32. The van der Waals surface area contributed by atoms with Gasteiger partial charge < -0.3 is 52.5 Å². The standard InChI is InChI=1S/C36H63N7O11S/c1-18(2)16-24(32(49)38-23(13-15-55-8)31(48)41-25(36(53)54)17-19(3)4)40-30(47)22(11-12-27(45)46)39-33(50)26-10-9-14-43(26)35(52)29(20(5)6)42-34(51)28(37)21(7)44/h18-26,28-29,44H,9-17,37H2,1-8H3,(H,38,49)(H,39,50)(H,40,47)(H,41,48)(H,42,51)(H,45,46)(H,53,54)/t21-,22+,23+,24+,25+,26+,28+,29+/m1/s1. The number of carbonyl (C=O) groups excluding carboxylic acids is 6. The zero-order chi connectivity index (χ0) is 42.2. The molecule has 6 amide bonds. The molecule has 314 valence electrons. The smallest absolute Gasteiger partial charge is 0.326 e. The molecule has 1 rings (SSSR count). The maximum atomic E-state index is 13.8. The number of rotatable bonds is 24. The van der Waals surface area contributed by atoms with E-state index in [-0.39, 0.29) is 50.5 Å². The van der Waals surface area contributed by atoms with Gasteiger partial charge in [0, 0.05) is 13.0 Å². The van der Waals surface area contributed by atoms with Crippen LogP contribution in [0.2, 0.25) is 0 Å². The van der Waals surface area contributed by atoms with Gasteiger partial charge in [0.2, 0.25) is 35.4 Å². The van der Waals surface area contributed by atoms with E-state index >= 15 is 0 Å². The summed E-state index contributed by atoms with van der Waals surface area (Å²) in [6.45, 7) is 12.1. The molecule has 0 radical (unpaired) electrons. The van der Waals surface area contributed by atoms with Gasteiger partial charge in [-0.25, -0.2) is 4.79 Å². The van der Waals surface area contributed by atoms with E-state index in [0.29, 0.717) is 12.2 Å². The Labute approximate surface area is 327 Å². The van der Waals surface area contributed by atoms with Crippen LogP contribution in [0.15, 0.2) is 0 Å². The van der Waals surface area contributed by atoms with Crippen molar-refractivity contribution in [1.82, 2.24) is 31.5 Å². The van der Waals surface area contributed by atoms with Crippen LogP contribution < -0.4 is 32.3 Å². The summed E-state index contributed by atoms with van der Waals surface area (Å²) < 4.78 is 0. The van der Waals surface area contributed by atoms with E-state index in [2.05, 4.69) is 26.6 Å². The molecule has 1 aliphatic rings. The minimum absolute atomic E-state index is 0.0384. The van der Waals surface area contributed by atoms with Crippen LogP contribution >= 0.6 is 11.8 Å². The van der Waals surface area contributed by atoms with Crippen LogP contribution in [-0.2, 0) is 38.4 Å². The van der Waals surface area contributed by atoms with Gasteiger partial charge in [-0.1, -0.05) is 41.5 Å². The van der Waals surface area contributed by atoms with Gasteiger partial charge in [0.05, 0.1) is 6.10 Å². The Bertz CT molecular complexity index is 1350. The summed E-state index contributed by atoms with van der Waals surface area (Å²) in [5.74, 6) is -6.97. The van der Waals surface area contributed by atoms with E-state index in [1.807, 2.05) is 13.8 Å². The SMILES string of the molecule is CSCC[C@H](NC(=O)[C@H](CC(C)C)NC(=O)[C@H](CCC(=O)O)NC(=O)[C@@H]1CCCN1C(=O)[C@@H](NC(=O)[C@@H](N)[C@@H](C)O)C(C)C)C(=O)N[C@@H](CC(C)C)C(=O)O. The first-order valence-corrected chi connectivity index (χ1v) is 20.2. The van der Waals surface area contributed by atoms with Gasteiger partial charge >= 0.3 is 11.9 Å². The van der Waals surface area contributed by atoms with Gasteiger partial charge in [-0.15, -0.1) is 0 Å². The van der Waals surface area contributed by atoms with Gasteiger partial charge in [-0.05, 0) is 75.2 Å². The molecule has 10 N–H and O–H groups in total. The molecule has 0 aliphatic carbocycles. The molecule has 0 spiro atoms. The topological polar surface area (TPSA) is 287 Å². The van der Waals surface area contributed by atoms with E-state index in [1.165, 1.54) is 23.6 Å². The second-order valence-electron chi connectivity index (χ2n) is 15.2. The molecule has 1 aliphatic heterocycles. The quantitative estimate of drug-likeness (QED) is 0.0599. The lowest BCUT2D eigenvalue weighted by atomic mass is 10.0. The molecule has 0 aromatic carbocycles. The molecule has 0 aromatic heterocycles. The molecule has 0 aromatic rings. The number of aliphatic hydroxyl groups is 1. The number of likely N-dealkylation sites (tertiary alicyclic amines) is 1. The lowest BCUT2D eigenvalue weighted by Crippen LogP contribution is -2.60. The molecular formula is C36H63N7O11S. The number of nitrogens with zero attached hydrogens (tertiary/aromatic N) is 1. The highest BCUT2D eigenvalue weighted by atomic mass is 32.2. The van der Waals surface area contributed by atoms with Crippen molar-refractivity contribution in [2.24, 2.45) is 23.5 Å². The molecule has 0 saturated carbocycles. The number of nitrogens with two attached hydrogens (primary N) is 1. The van der Waals surface area contributed by atoms with Crippen LogP contribution in [-0.4, -0.2) is 135 Å². The molecule has 19 heteroatoms. The molecule has 0 unspecified atom stereocenters. The van der Waals surface area contributed by atoms with Crippen LogP contribution in [0.1, 0.15) is 93.4 Å². The maximum absolute atomic E-state index is 13.8. The highest BCUT2D eigenvalue weighted by Crippen LogP contribution is 2.21. The normalized spacial score (nSPS) is 18.1. The van der Waals surface area contributed by atoms with Crippen molar-refractivity contribution in [3.05, 3.63) is 0 Å². The van der Waals surface area contributed by atoms with Crippen molar-refractivity contribution in [2.45, 2.75) is 142 Å². The number of aliphatic hydroxyl groups excluding tert-OH is 1. The zero-order valence-corrected chi connectivity index (χ0v) is 34.1. The number of hydrogen-bond acceptors (Lipinski definition) is 11. The van der Waals surface area contributed by atoms with Crippen molar-refractivity contribution in [2.75, 3.05) is 18.6 Å². The van der Waals surface area contributed by atoms with E-state index in [9.17, 15) is 53.7 Å². The number of amides is 6. The predicted octanol–water partition coefficient (Wildman–Crippen LogP) is -0.440. The Balaban J connectivity index is 3.28. The molecule has 1 saturated heterocycles. The minimum Gasteiger partial charge on any atom is -0.481 e. The third kappa shape index (κ3) is 16.7. The number of aliphatic carboxylic acids is 2. The van der Waals surface area contributed by atoms with Crippen molar-refractivity contribution in [1.29, 1.82) is 0 Å². The van der Waals surface area contributed by atoms with Gasteiger partial charge in [0.15, 0.2) is 0 Å². The fraction of sp³-hybridized carbons (Fsp3) is 0.778. The first-order valence-electron chi connectivity index (χ1n) is 18.8. The van der Waals surface area contributed by atoms with Gasteiger partial charge in [0.25, 0.3) is 0 Å². The molecule has 55 heavy (non-hydrogen) atoms. The van der Waals surface area contributed by atoms with Gasteiger partial charge in [-0.2, -0.15) is 11.8 Å². The predicted molar refractivity (Wildman–Crippen MR) is 205 cm³/mol. The molecule has 1 fully saturated rings. The first-order chi connectivity index (χ1) is 25.6. The van der Waals surface area contributed by atoms with E-state index in [0.717, 1.165) is 0 Å². The Morgan fingerprint density at radius 2 is 1.24 bits per heavy atom. The second kappa shape index (κ2) is 23.8. The van der Waals surface area contributed by atoms with Crippen LogP contribution in [0, 0.1) is 17.8 Å². The number of hydrogen-bond donors (Lipinski definition) is 9. The van der Waals surface area contributed by atoms with Crippen molar-refractivity contribution in [3.8, 4) is 0 Å². The molecule has 8 atom stereocenters. The molecular weight excluding hydrogens is 739 g/mol. The average molecular weight is 802 g/mol. The number of thioether (sulfide) groups is 1. The highest BCUT2D eigenvalue weighted by Gasteiger charge is 2.41. The molecule has 1 heterocycles. The number of carbonyl (C=O) groups is 8. The Morgan fingerprint density at radius 1 is 0.727 bits per heavy atom. The summed E-state index contributed by atoms with van der Waals surface area (Å²) in [5, 5.41) is 41.7. The van der Waals surface area contributed by atoms with Gasteiger partial charge in [0.1, 0.15) is 42.3 Å². The number of carboxylic acid groups (broad SMARTS) is 2. The summed E-state index contributed by atoms with van der Waals surface area (Å²) in [7, 11) is 0. The van der Waals surface area contributed by atoms with Crippen molar-refractivity contribution >= 4 is 59.1 Å². The Hall–Kier alpha value is -3.97. The van der Waals surface area contributed by atoms with E-state index in [1.54, 1.807) is 34.0 Å². The van der Waals surface area contributed by atoms with Crippen LogP contribution in [0.5, 0.6) is 0 Å². The van der Waals surface area contributed by atoms with Crippen molar-refractivity contribution < 1.29 is 53.7 Å². The van der Waals surface area contributed by atoms with Crippen LogP contribution in [0.3, 0.4) is 0 Å². The number of nitrogens with one attached hydrogen (secondary N) is 5. The summed E-state index contributed by atoms with van der Waals surface area (Å²) in [6, 6.07) is -8.40. The third-order valence-corrected chi connectivity index (χ3v) is 9.72. The minimum atomic E-state index is -1.43. The fourth-order valence-electron chi connectivity index (χ4n) is 5.99. The summed E-state index contributed by atoms with van der Waals surface area (Å²) in [5.41, 5.74) is 5.75. The molecule has 18 nitrogen and oxygen atoms in total. The second-order valence-corrected chi connectivity index (χ2v) is 16.2. The largest absolute Gasteiger partial charge is 0.481 e. The summed E-state index contributed by atoms with van der Waals surface area (Å²) >= 11 is 1.41. The van der Waals surface area contributed by atoms with Crippen LogP contribution in [0.4, 0.5) is 0 Å². The van der Waals surface area contributed by atoms with Crippen molar-refractivity contribution in [3.63, 3.8) is 0 Å². The molecule has 0 bridgehead atoms. The van der Waals surface area contributed by atoms with Gasteiger partial charge in [-0.3, -0.25) is 33.6 Å². The van der Waals surface area contributed by atoms with Crippen LogP contribution in [0.25, 0.3) is 0 Å². The zero-order valence-electron chi connectivity index (χ0n) is 33.3. The average Bonchev–Trinajstić information content (AvgIpc) is 3.58. The van der Waals surface area contributed by atoms with E-state index < -0.39 is 108 Å². The Morgan fingerprint density at radius 3 is 1.73 bits per heavy atom. The summed E-state index contributed by atoms with van der Waals surface area (Å²) in [4.78, 5) is 105. The monoisotopic (exact) mass is 801 g/mol. The number of carboxylic acids is 2.